The van der Waals surface area contributed by atoms with Crippen LogP contribution in [0.25, 0.3) is 16.8 Å². The SMILES string of the molecule is C=CC(=O)N1C2CC[C@@H](C2)C1c1nc(-c2ccc(C(=O)Nc3ccccn3)cc2)c2c(N)nccn12. The first-order chi connectivity index (χ1) is 17.5. The number of carbonyl (C=O) groups is 2. The molecule has 3 aromatic heterocycles. The fourth-order valence-electron chi connectivity index (χ4n) is 5.64. The molecule has 2 fully saturated rings. The van der Waals surface area contributed by atoms with Gasteiger partial charge >= 0.3 is 0 Å². The summed E-state index contributed by atoms with van der Waals surface area (Å²) < 4.78 is 1.95. The van der Waals surface area contributed by atoms with E-state index in [4.69, 9.17) is 10.7 Å². The van der Waals surface area contributed by atoms with Gasteiger partial charge in [0.15, 0.2) is 0 Å². The van der Waals surface area contributed by atoms with Crippen molar-refractivity contribution in [1.82, 2.24) is 24.3 Å². The molecule has 4 heterocycles. The predicted octanol–water partition coefficient (Wildman–Crippen LogP) is 3.86. The van der Waals surface area contributed by atoms with Gasteiger partial charge in [-0.3, -0.25) is 14.0 Å². The van der Waals surface area contributed by atoms with Gasteiger partial charge in [0.25, 0.3) is 5.91 Å². The number of rotatable bonds is 5. The number of nitrogens with zero attached hydrogens (tertiary/aromatic N) is 5. The average Bonchev–Trinajstić information content (AvgIpc) is 3.63. The lowest BCUT2D eigenvalue weighted by molar-refractivity contribution is -0.130. The van der Waals surface area contributed by atoms with Crippen molar-refractivity contribution in [2.75, 3.05) is 11.1 Å². The second kappa shape index (κ2) is 8.60. The van der Waals surface area contributed by atoms with E-state index in [1.165, 1.54) is 6.08 Å². The Kier molecular flexibility index (Phi) is 5.25. The average molecular weight is 480 g/mol. The summed E-state index contributed by atoms with van der Waals surface area (Å²) in [5, 5.41) is 2.79. The van der Waals surface area contributed by atoms with Crippen molar-refractivity contribution in [3.8, 4) is 11.3 Å². The molecule has 3 atom stereocenters. The summed E-state index contributed by atoms with van der Waals surface area (Å²) in [6.07, 6.45) is 9.52. The second-order valence-corrected chi connectivity index (χ2v) is 9.22. The van der Waals surface area contributed by atoms with Gasteiger partial charge in [-0.25, -0.2) is 15.0 Å². The highest BCUT2D eigenvalue weighted by atomic mass is 16.2. The van der Waals surface area contributed by atoms with Gasteiger partial charge in [0.2, 0.25) is 5.91 Å². The Labute approximate surface area is 207 Å². The number of likely N-dealkylation sites (tertiary alicyclic amines) is 1. The summed E-state index contributed by atoms with van der Waals surface area (Å²) in [5.74, 6) is 1.62. The number of piperidine rings is 1. The van der Waals surface area contributed by atoms with Crippen molar-refractivity contribution in [1.29, 1.82) is 0 Å². The molecular weight excluding hydrogens is 454 g/mol. The summed E-state index contributed by atoms with van der Waals surface area (Å²) in [5.41, 5.74) is 8.98. The fraction of sp³-hybridized carbons (Fsp3) is 0.222. The number of nitrogen functional groups attached to an aromatic ring is 1. The van der Waals surface area contributed by atoms with E-state index in [2.05, 4.69) is 21.9 Å². The molecule has 36 heavy (non-hydrogen) atoms. The molecule has 180 valence electrons. The molecule has 1 aliphatic heterocycles. The van der Waals surface area contributed by atoms with Gasteiger partial charge in [-0.2, -0.15) is 0 Å². The highest BCUT2D eigenvalue weighted by molar-refractivity contribution is 6.04. The van der Waals surface area contributed by atoms with Gasteiger partial charge < -0.3 is 16.0 Å². The zero-order valence-electron chi connectivity index (χ0n) is 19.5. The number of anilines is 2. The number of imidazole rings is 1. The Balaban J connectivity index is 1.39. The van der Waals surface area contributed by atoms with Crippen LogP contribution in [-0.2, 0) is 4.79 Å². The molecule has 4 aromatic rings. The third kappa shape index (κ3) is 3.51. The molecule has 2 bridgehead atoms. The van der Waals surface area contributed by atoms with Crippen molar-refractivity contribution >= 4 is 29.0 Å². The predicted molar refractivity (Wildman–Crippen MR) is 136 cm³/mol. The smallest absolute Gasteiger partial charge is 0.256 e. The zero-order chi connectivity index (χ0) is 24.8. The van der Waals surface area contributed by atoms with E-state index in [0.717, 1.165) is 30.7 Å². The lowest BCUT2D eigenvalue weighted by atomic mass is 9.97. The summed E-state index contributed by atoms with van der Waals surface area (Å²) in [4.78, 5) is 40.8. The van der Waals surface area contributed by atoms with E-state index in [0.29, 0.717) is 34.3 Å². The molecule has 0 spiro atoms. The minimum atomic E-state index is -0.252. The maximum Gasteiger partial charge on any atom is 0.256 e. The van der Waals surface area contributed by atoms with Crippen molar-refractivity contribution in [3.05, 3.63) is 85.1 Å². The summed E-state index contributed by atoms with van der Waals surface area (Å²) in [6.45, 7) is 3.71. The lowest BCUT2D eigenvalue weighted by Gasteiger charge is -2.33. The van der Waals surface area contributed by atoms with Crippen LogP contribution in [0.15, 0.2) is 73.7 Å². The molecule has 2 amide bonds. The quantitative estimate of drug-likeness (QED) is 0.420. The first-order valence-electron chi connectivity index (χ1n) is 11.9. The van der Waals surface area contributed by atoms with Crippen LogP contribution in [0.3, 0.4) is 0 Å². The van der Waals surface area contributed by atoms with Crippen LogP contribution in [-0.4, -0.2) is 42.1 Å². The standard InChI is InChI=1S/C27H25N7O2/c1-2-21(35)34-19-11-10-18(15-19)23(34)26-32-22(24-25(28)30-13-14-33(24)26)16-6-8-17(9-7-16)27(36)31-20-5-3-4-12-29-20/h2-9,12-14,18-19,23H,1,10-11,15H2,(H2,28,30)(H,29,31,36)/t18-,19?,23?/m0/s1. The monoisotopic (exact) mass is 479 g/mol. The number of carbonyl (C=O) groups excluding carboxylic acids is 2. The Morgan fingerprint density at radius 2 is 1.92 bits per heavy atom. The number of fused-ring (bicyclic) bond motifs is 3. The minimum absolute atomic E-state index is 0.0733. The van der Waals surface area contributed by atoms with E-state index in [1.54, 1.807) is 36.7 Å². The van der Waals surface area contributed by atoms with Gasteiger partial charge in [0.1, 0.15) is 28.7 Å². The number of hydrogen-bond donors (Lipinski definition) is 2. The molecule has 1 saturated carbocycles. The van der Waals surface area contributed by atoms with Crippen LogP contribution in [0.4, 0.5) is 11.6 Å². The molecule has 1 aromatic carbocycles. The number of nitrogens with one attached hydrogen (secondary N) is 1. The third-order valence-electron chi connectivity index (χ3n) is 7.22. The minimum Gasteiger partial charge on any atom is -0.382 e. The third-order valence-corrected chi connectivity index (χ3v) is 7.22. The number of aromatic nitrogens is 4. The Hall–Kier alpha value is -4.53. The fourth-order valence-corrected chi connectivity index (χ4v) is 5.64. The first kappa shape index (κ1) is 22.0. The van der Waals surface area contributed by atoms with Gasteiger partial charge in [-0.1, -0.05) is 24.8 Å². The Morgan fingerprint density at radius 3 is 2.67 bits per heavy atom. The molecule has 1 aliphatic carbocycles. The van der Waals surface area contributed by atoms with Crippen LogP contribution in [0, 0.1) is 5.92 Å². The number of benzene rings is 1. The van der Waals surface area contributed by atoms with Gasteiger partial charge in [0.05, 0.1) is 6.04 Å². The number of pyridine rings is 1. The maximum absolute atomic E-state index is 12.8. The topological polar surface area (TPSA) is 119 Å². The van der Waals surface area contributed by atoms with Gasteiger partial charge in [-0.15, -0.1) is 0 Å². The van der Waals surface area contributed by atoms with E-state index in [9.17, 15) is 9.59 Å². The first-order valence-corrected chi connectivity index (χ1v) is 11.9. The molecular formula is C27H25N7O2. The zero-order valence-corrected chi connectivity index (χ0v) is 19.5. The summed E-state index contributed by atoms with van der Waals surface area (Å²) >= 11 is 0. The molecule has 1 saturated heterocycles. The van der Waals surface area contributed by atoms with Crippen molar-refractivity contribution in [2.45, 2.75) is 31.3 Å². The summed E-state index contributed by atoms with van der Waals surface area (Å²) in [7, 11) is 0. The number of nitrogens with two attached hydrogens (primary N) is 1. The Bertz CT molecular complexity index is 1480. The van der Waals surface area contributed by atoms with Crippen LogP contribution in [0.5, 0.6) is 0 Å². The number of amides is 2. The second-order valence-electron chi connectivity index (χ2n) is 9.22. The van der Waals surface area contributed by atoms with E-state index in [1.807, 2.05) is 33.7 Å². The van der Waals surface area contributed by atoms with Gasteiger partial charge in [0, 0.05) is 35.8 Å². The van der Waals surface area contributed by atoms with Crippen LogP contribution in [0.1, 0.15) is 41.5 Å². The molecule has 9 heteroatoms. The normalized spacial score (nSPS) is 20.6. The highest BCUT2D eigenvalue weighted by Crippen LogP contribution is 2.50. The molecule has 3 N–H and O–H groups in total. The lowest BCUT2D eigenvalue weighted by Crippen LogP contribution is -2.39. The molecule has 2 unspecified atom stereocenters. The highest BCUT2D eigenvalue weighted by Gasteiger charge is 2.50. The van der Waals surface area contributed by atoms with Crippen LogP contribution in [0.2, 0.25) is 0 Å². The van der Waals surface area contributed by atoms with Crippen LogP contribution >= 0.6 is 0 Å². The summed E-state index contributed by atoms with van der Waals surface area (Å²) in [6, 6.07) is 12.6. The van der Waals surface area contributed by atoms with Crippen molar-refractivity contribution in [2.24, 2.45) is 5.92 Å². The van der Waals surface area contributed by atoms with Crippen molar-refractivity contribution in [3.63, 3.8) is 0 Å². The number of hydrogen-bond acceptors (Lipinski definition) is 6. The van der Waals surface area contributed by atoms with Crippen LogP contribution < -0.4 is 11.1 Å². The largest absolute Gasteiger partial charge is 0.382 e. The molecule has 0 radical (unpaired) electrons. The van der Waals surface area contributed by atoms with E-state index < -0.39 is 0 Å². The van der Waals surface area contributed by atoms with E-state index in [-0.39, 0.29) is 23.9 Å². The van der Waals surface area contributed by atoms with Crippen molar-refractivity contribution < 1.29 is 9.59 Å². The molecule has 6 rings (SSSR count). The van der Waals surface area contributed by atoms with Gasteiger partial charge in [-0.05, 0) is 55.5 Å². The molecule has 2 aliphatic rings. The maximum atomic E-state index is 12.8. The van der Waals surface area contributed by atoms with E-state index >= 15 is 0 Å². The Morgan fingerprint density at radius 1 is 1.08 bits per heavy atom. The molecule has 9 nitrogen and oxygen atoms in total.